The van der Waals surface area contributed by atoms with Crippen LogP contribution >= 0.6 is 11.8 Å². The average molecular weight is 311 g/mol. The highest BCUT2D eigenvalue weighted by molar-refractivity contribution is 7.99. The van der Waals surface area contributed by atoms with Crippen molar-refractivity contribution in [3.63, 3.8) is 0 Å². The minimum Gasteiger partial charge on any atom is -0.334 e. The molecule has 21 heavy (non-hydrogen) atoms. The van der Waals surface area contributed by atoms with Crippen molar-refractivity contribution < 1.29 is 9.59 Å². The lowest BCUT2D eigenvalue weighted by Crippen LogP contribution is -2.42. The van der Waals surface area contributed by atoms with Gasteiger partial charge < -0.3 is 4.90 Å². The Bertz CT molecular complexity index is 518. The first-order valence-electron chi connectivity index (χ1n) is 7.06. The van der Waals surface area contributed by atoms with Crippen LogP contribution in [-0.2, 0) is 16.6 Å². The molecule has 2 atom stereocenters. The largest absolute Gasteiger partial charge is 0.334 e. The number of hydrogen-bond acceptors (Lipinski definition) is 5. The van der Waals surface area contributed by atoms with Crippen molar-refractivity contribution in [3.8, 4) is 0 Å². The zero-order chi connectivity index (χ0) is 15.4. The van der Waals surface area contributed by atoms with Gasteiger partial charge in [-0.25, -0.2) is 4.68 Å². The van der Waals surface area contributed by atoms with E-state index in [9.17, 15) is 9.59 Å². The second kappa shape index (κ2) is 6.93. The van der Waals surface area contributed by atoms with Gasteiger partial charge in [0.15, 0.2) is 0 Å². The van der Waals surface area contributed by atoms with Crippen molar-refractivity contribution in [2.24, 2.45) is 7.05 Å². The highest BCUT2D eigenvalue weighted by Crippen LogP contribution is 2.32. The summed E-state index contributed by atoms with van der Waals surface area (Å²) in [7, 11) is 3.35. The molecule has 2 rings (SSSR count). The topological polar surface area (TPSA) is 80.1 Å². The standard InChI is InChI=1S/C13H21N5O2S/c1-4-21-10-6-5-9(7-10)17(2)12(20)11(19)16-13-14-8-15-18(13)3/h8-10H,4-7H2,1-3H3,(H,14,15,16,19)/t9-,10-/m1/s1. The van der Waals surface area contributed by atoms with Crippen LogP contribution in [0.1, 0.15) is 26.2 Å². The lowest BCUT2D eigenvalue weighted by Gasteiger charge is -2.23. The van der Waals surface area contributed by atoms with E-state index in [1.807, 2.05) is 11.8 Å². The van der Waals surface area contributed by atoms with Crippen LogP contribution in [0.25, 0.3) is 0 Å². The fourth-order valence-electron chi connectivity index (χ4n) is 2.55. The normalized spacial score (nSPS) is 21.3. The molecule has 0 saturated heterocycles. The number of anilines is 1. The van der Waals surface area contributed by atoms with Crippen molar-refractivity contribution in [2.45, 2.75) is 37.5 Å². The molecule has 1 N–H and O–H groups in total. The lowest BCUT2D eigenvalue weighted by molar-refractivity contribution is -0.143. The van der Waals surface area contributed by atoms with E-state index in [4.69, 9.17) is 0 Å². The molecule has 0 aromatic carbocycles. The summed E-state index contributed by atoms with van der Waals surface area (Å²) in [5.74, 6) is 0.166. The summed E-state index contributed by atoms with van der Waals surface area (Å²) >= 11 is 1.93. The molecule has 7 nitrogen and oxygen atoms in total. The molecule has 0 aliphatic heterocycles. The van der Waals surface area contributed by atoms with Gasteiger partial charge in [0.2, 0.25) is 5.95 Å². The minimum atomic E-state index is -0.666. The third-order valence-electron chi connectivity index (χ3n) is 3.76. The van der Waals surface area contributed by atoms with E-state index >= 15 is 0 Å². The molecular weight excluding hydrogens is 290 g/mol. The van der Waals surface area contributed by atoms with E-state index in [1.165, 1.54) is 11.0 Å². The molecule has 1 fully saturated rings. The van der Waals surface area contributed by atoms with E-state index in [0.29, 0.717) is 5.25 Å². The van der Waals surface area contributed by atoms with E-state index in [2.05, 4.69) is 22.3 Å². The van der Waals surface area contributed by atoms with Crippen LogP contribution in [0.4, 0.5) is 5.95 Å². The van der Waals surface area contributed by atoms with Gasteiger partial charge in [0.25, 0.3) is 0 Å². The molecule has 2 amide bonds. The number of nitrogens with zero attached hydrogens (tertiary/aromatic N) is 4. The summed E-state index contributed by atoms with van der Waals surface area (Å²) in [6.07, 6.45) is 4.34. The Kier molecular flexibility index (Phi) is 5.22. The molecule has 1 aromatic rings. The number of carbonyl (C=O) groups excluding carboxylic acids is 2. The van der Waals surface area contributed by atoms with Crippen LogP contribution in [0.5, 0.6) is 0 Å². The Morgan fingerprint density at radius 3 is 2.90 bits per heavy atom. The van der Waals surface area contributed by atoms with Gasteiger partial charge in [-0.1, -0.05) is 6.92 Å². The number of rotatable bonds is 4. The Hall–Kier alpha value is -1.57. The van der Waals surface area contributed by atoms with Crippen LogP contribution in [0, 0.1) is 0 Å². The highest BCUT2D eigenvalue weighted by atomic mass is 32.2. The first kappa shape index (κ1) is 15.8. The number of hydrogen-bond donors (Lipinski definition) is 1. The zero-order valence-corrected chi connectivity index (χ0v) is 13.4. The highest BCUT2D eigenvalue weighted by Gasteiger charge is 2.32. The first-order valence-corrected chi connectivity index (χ1v) is 8.11. The van der Waals surface area contributed by atoms with Gasteiger partial charge in [-0.2, -0.15) is 21.8 Å². The molecule has 1 aliphatic carbocycles. The molecule has 0 unspecified atom stereocenters. The van der Waals surface area contributed by atoms with Gasteiger partial charge in [-0.3, -0.25) is 14.9 Å². The third-order valence-corrected chi connectivity index (χ3v) is 4.99. The second-order valence-electron chi connectivity index (χ2n) is 5.12. The van der Waals surface area contributed by atoms with E-state index in [0.717, 1.165) is 25.0 Å². The van der Waals surface area contributed by atoms with Gasteiger partial charge in [0.05, 0.1) is 0 Å². The zero-order valence-electron chi connectivity index (χ0n) is 12.6. The number of nitrogens with one attached hydrogen (secondary N) is 1. The third kappa shape index (κ3) is 3.75. The van der Waals surface area contributed by atoms with Gasteiger partial charge in [-0.05, 0) is 25.0 Å². The van der Waals surface area contributed by atoms with E-state index < -0.39 is 11.8 Å². The van der Waals surface area contributed by atoms with Gasteiger partial charge in [0.1, 0.15) is 6.33 Å². The summed E-state index contributed by atoms with van der Waals surface area (Å²) < 4.78 is 1.41. The van der Waals surface area contributed by atoms with Crippen LogP contribution in [-0.4, -0.2) is 55.6 Å². The summed E-state index contributed by atoms with van der Waals surface area (Å²) in [4.78, 5) is 29.6. The van der Waals surface area contributed by atoms with Crippen LogP contribution in [0.2, 0.25) is 0 Å². The molecular formula is C13H21N5O2S. The second-order valence-corrected chi connectivity index (χ2v) is 6.70. The molecule has 0 spiro atoms. The van der Waals surface area contributed by atoms with Gasteiger partial charge in [0, 0.05) is 25.4 Å². The molecule has 0 radical (unpaired) electrons. The van der Waals surface area contributed by atoms with Crippen molar-refractivity contribution >= 4 is 29.5 Å². The summed E-state index contributed by atoms with van der Waals surface area (Å²) in [5, 5.41) is 6.92. The molecule has 1 saturated carbocycles. The van der Waals surface area contributed by atoms with Gasteiger partial charge >= 0.3 is 11.8 Å². The van der Waals surface area contributed by atoms with Crippen molar-refractivity contribution in [1.29, 1.82) is 0 Å². The maximum atomic E-state index is 12.2. The minimum absolute atomic E-state index is 0.145. The smallest absolute Gasteiger partial charge is 0.316 e. The number of amides is 2. The van der Waals surface area contributed by atoms with E-state index in [-0.39, 0.29) is 12.0 Å². The Morgan fingerprint density at radius 2 is 2.29 bits per heavy atom. The van der Waals surface area contributed by atoms with Crippen LogP contribution in [0.3, 0.4) is 0 Å². The fourth-order valence-corrected chi connectivity index (χ4v) is 3.68. The fraction of sp³-hybridized carbons (Fsp3) is 0.692. The maximum absolute atomic E-state index is 12.2. The molecule has 1 aromatic heterocycles. The lowest BCUT2D eigenvalue weighted by atomic mass is 10.2. The van der Waals surface area contributed by atoms with Gasteiger partial charge in [-0.15, -0.1) is 0 Å². The monoisotopic (exact) mass is 311 g/mol. The molecule has 0 bridgehead atoms. The van der Waals surface area contributed by atoms with Crippen LogP contribution in [0.15, 0.2) is 6.33 Å². The summed E-state index contributed by atoms with van der Waals surface area (Å²) in [6, 6.07) is 0.145. The predicted molar refractivity (Wildman–Crippen MR) is 82.0 cm³/mol. The molecule has 8 heteroatoms. The predicted octanol–water partition coefficient (Wildman–Crippen LogP) is 0.886. The van der Waals surface area contributed by atoms with Crippen molar-refractivity contribution in [2.75, 3.05) is 18.1 Å². The number of likely N-dealkylation sites (N-methyl/N-ethyl adjacent to an activating group) is 1. The average Bonchev–Trinajstić information content (AvgIpc) is 3.08. The number of aryl methyl sites for hydroxylation is 1. The number of carbonyl (C=O) groups is 2. The first-order chi connectivity index (χ1) is 10.0. The van der Waals surface area contributed by atoms with Crippen molar-refractivity contribution in [1.82, 2.24) is 19.7 Å². The molecule has 116 valence electrons. The Morgan fingerprint density at radius 1 is 1.52 bits per heavy atom. The number of thioether (sulfide) groups is 1. The Labute approximate surface area is 128 Å². The summed E-state index contributed by atoms with van der Waals surface area (Å²) in [6.45, 7) is 2.14. The SMILES string of the molecule is CCS[C@@H]1CC[C@@H](N(C)C(=O)C(=O)Nc2ncnn2C)C1. The maximum Gasteiger partial charge on any atom is 0.316 e. The molecule has 1 aliphatic rings. The Balaban J connectivity index is 1.90. The quantitative estimate of drug-likeness (QED) is 0.835. The van der Waals surface area contributed by atoms with E-state index in [1.54, 1.807) is 19.0 Å². The van der Waals surface area contributed by atoms with Crippen molar-refractivity contribution in [3.05, 3.63) is 6.33 Å². The summed E-state index contributed by atoms with van der Waals surface area (Å²) in [5.41, 5.74) is 0. The number of aromatic nitrogens is 3. The van der Waals surface area contributed by atoms with Crippen LogP contribution < -0.4 is 5.32 Å². The molecule has 1 heterocycles.